The number of aromatic nitrogens is 1. The van der Waals surface area contributed by atoms with Gasteiger partial charge in [-0.25, -0.2) is 4.98 Å². The van der Waals surface area contributed by atoms with E-state index in [9.17, 15) is 14.9 Å². The molecule has 0 spiro atoms. The molecule has 8 heteroatoms. The summed E-state index contributed by atoms with van der Waals surface area (Å²) in [6.45, 7) is 4.54. The molecule has 1 amide bonds. The van der Waals surface area contributed by atoms with Crippen molar-refractivity contribution in [3.63, 3.8) is 0 Å². The monoisotopic (exact) mass is 294 g/mol. The highest BCUT2D eigenvalue weighted by atomic mass is 16.6. The Kier molecular flexibility index (Phi) is 5.04. The molecule has 1 aliphatic rings. The Balaban J connectivity index is 1.81. The normalized spacial score (nSPS) is 14.8. The van der Waals surface area contributed by atoms with E-state index < -0.39 is 4.92 Å². The van der Waals surface area contributed by atoms with Gasteiger partial charge in [-0.3, -0.25) is 14.9 Å². The largest absolute Gasteiger partial charge is 0.378 e. The van der Waals surface area contributed by atoms with Gasteiger partial charge in [-0.2, -0.15) is 0 Å². The summed E-state index contributed by atoms with van der Waals surface area (Å²) >= 11 is 0. The standard InChI is InChI=1S/C13H18N4O4/c1-10-8-12(15-9-11(10)17(19)20)14-3-2-13(18)16-4-6-21-7-5-16/h8-9H,2-7H2,1H3,(H,14,15). The van der Waals surface area contributed by atoms with Gasteiger partial charge in [0.1, 0.15) is 12.0 Å². The number of nitrogens with one attached hydrogen (secondary N) is 1. The van der Waals surface area contributed by atoms with Crippen molar-refractivity contribution in [2.24, 2.45) is 0 Å². The first-order valence-electron chi connectivity index (χ1n) is 6.78. The highest BCUT2D eigenvalue weighted by Gasteiger charge is 2.16. The lowest BCUT2D eigenvalue weighted by Gasteiger charge is -2.26. The number of ether oxygens (including phenoxy) is 1. The van der Waals surface area contributed by atoms with Gasteiger partial charge >= 0.3 is 0 Å². The van der Waals surface area contributed by atoms with Crippen LogP contribution in [0.25, 0.3) is 0 Å². The van der Waals surface area contributed by atoms with Crippen molar-refractivity contribution >= 4 is 17.4 Å². The molecule has 1 fully saturated rings. The van der Waals surface area contributed by atoms with Crippen molar-refractivity contribution in [2.75, 3.05) is 38.2 Å². The summed E-state index contributed by atoms with van der Waals surface area (Å²) in [4.78, 5) is 27.9. The van der Waals surface area contributed by atoms with Gasteiger partial charge in [0.25, 0.3) is 5.69 Å². The van der Waals surface area contributed by atoms with Gasteiger partial charge in [0.05, 0.1) is 18.1 Å². The SMILES string of the molecule is Cc1cc(NCCC(=O)N2CCOCC2)ncc1[N+](=O)[O-]. The summed E-state index contributed by atoms with van der Waals surface area (Å²) in [7, 11) is 0. The van der Waals surface area contributed by atoms with E-state index in [-0.39, 0.29) is 11.6 Å². The van der Waals surface area contributed by atoms with Gasteiger partial charge < -0.3 is 15.0 Å². The predicted molar refractivity (Wildman–Crippen MR) is 76.1 cm³/mol. The zero-order valence-electron chi connectivity index (χ0n) is 11.9. The molecule has 0 aliphatic carbocycles. The van der Waals surface area contributed by atoms with Crippen molar-refractivity contribution in [1.29, 1.82) is 0 Å². The van der Waals surface area contributed by atoms with Crippen molar-refractivity contribution < 1.29 is 14.5 Å². The maximum atomic E-state index is 11.9. The zero-order chi connectivity index (χ0) is 15.2. The number of amides is 1. The van der Waals surface area contributed by atoms with Crippen LogP contribution in [-0.2, 0) is 9.53 Å². The Bertz CT molecular complexity index is 529. The van der Waals surface area contributed by atoms with Gasteiger partial charge in [0.15, 0.2) is 0 Å². The van der Waals surface area contributed by atoms with Crippen molar-refractivity contribution in [3.8, 4) is 0 Å². The van der Waals surface area contributed by atoms with Gasteiger partial charge in [-0.15, -0.1) is 0 Å². The van der Waals surface area contributed by atoms with E-state index in [4.69, 9.17) is 4.74 Å². The molecular formula is C13H18N4O4. The lowest BCUT2D eigenvalue weighted by atomic mass is 10.2. The second kappa shape index (κ2) is 6.98. The number of carbonyl (C=O) groups is 1. The van der Waals surface area contributed by atoms with Crippen LogP contribution in [0.4, 0.5) is 11.5 Å². The average molecular weight is 294 g/mol. The first kappa shape index (κ1) is 15.2. The number of carbonyl (C=O) groups excluding carboxylic acids is 1. The Morgan fingerprint density at radius 3 is 2.86 bits per heavy atom. The highest BCUT2D eigenvalue weighted by molar-refractivity contribution is 5.76. The Hall–Kier alpha value is -2.22. The summed E-state index contributed by atoms with van der Waals surface area (Å²) in [5, 5.41) is 13.7. The molecule has 0 radical (unpaired) electrons. The van der Waals surface area contributed by atoms with E-state index in [2.05, 4.69) is 10.3 Å². The lowest BCUT2D eigenvalue weighted by Crippen LogP contribution is -2.41. The Morgan fingerprint density at radius 2 is 2.24 bits per heavy atom. The lowest BCUT2D eigenvalue weighted by molar-refractivity contribution is -0.385. The van der Waals surface area contributed by atoms with Gasteiger partial charge in [-0.05, 0) is 13.0 Å². The second-order valence-electron chi connectivity index (χ2n) is 4.78. The fraction of sp³-hybridized carbons (Fsp3) is 0.538. The maximum absolute atomic E-state index is 11.9. The minimum absolute atomic E-state index is 0.00931. The van der Waals surface area contributed by atoms with Crippen LogP contribution in [0.15, 0.2) is 12.3 Å². The van der Waals surface area contributed by atoms with E-state index in [1.807, 2.05) is 0 Å². The number of anilines is 1. The third-order valence-electron chi connectivity index (χ3n) is 3.29. The third-order valence-corrected chi connectivity index (χ3v) is 3.29. The number of nitro groups is 1. The topological polar surface area (TPSA) is 97.6 Å². The van der Waals surface area contributed by atoms with Crippen molar-refractivity contribution in [2.45, 2.75) is 13.3 Å². The van der Waals surface area contributed by atoms with Crippen LogP contribution < -0.4 is 5.32 Å². The summed E-state index contributed by atoms with van der Waals surface area (Å²) in [6.07, 6.45) is 1.58. The number of nitrogens with zero attached hydrogens (tertiary/aromatic N) is 3. The molecule has 1 saturated heterocycles. The van der Waals surface area contributed by atoms with Crippen LogP contribution in [0.1, 0.15) is 12.0 Å². The molecule has 1 N–H and O–H groups in total. The Morgan fingerprint density at radius 1 is 1.52 bits per heavy atom. The van der Waals surface area contributed by atoms with Crippen molar-refractivity contribution in [3.05, 3.63) is 27.9 Å². The quantitative estimate of drug-likeness (QED) is 0.641. The molecule has 114 valence electrons. The molecule has 2 heterocycles. The van der Waals surface area contributed by atoms with E-state index in [1.54, 1.807) is 17.9 Å². The molecule has 0 aromatic carbocycles. The number of morpholine rings is 1. The average Bonchev–Trinajstić information content (AvgIpc) is 2.47. The van der Waals surface area contributed by atoms with Crippen LogP contribution >= 0.6 is 0 Å². The molecule has 21 heavy (non-hydrogen) atoms. The maximum Gasteiger partial charge on any atom is 0.290 e. The number of aryl methyl sites for hydroxylation is 1. The zero-order valence-corrected chi connectivity index (χ0v) is 11.9. The molecule has 2 rings (SSSR count). The fourth-order valence-electron chi connectivity index (χ4n) is 2.10. The minimum Gasteiger partial charge on any atom is -0.378 e. The molecule has 0 saturated carbocycles. The second-order valence-corrected chi connectivity index (χ2v) is 4.78. The van der Waals surface area contributed by atoms with E-state index in [1.165, 1.54) is 6.20 Å². The third kappa shape index (κ3) is 4.12. The van der Waals surface area contributed by atoms with E-state index in [0.29, 0.717) is 50.7 Å². The molecule has 1 aromatic rings. The summed E-state index contributed by atoms with van der Waals surface area (Å²) < 4.78 is 5.19. The fourth-order valence-corrected chi connectivity index (χ4v) is 2.10. The van der Waals surface area contributed by atoms with Gasteiger partial charge in [-0.1, -0.05) is 0 Å². The molecule has 1 aliphatic heterocycles. The molecule has 1 aromatic heterocycles. The number of rotatable bonds is 5. The number of pyridine rings is 1. The smallest absolute Gasteiger partial charge is 0.290 e. The highest BCUT2D eigenvalue weighted by Crippen LogP contribution is 2.18. The molecule has 8 nitrogen and oxygen atoms in total. The summed E-state index contributed by atoms with van der Waals surface area (Å²) in [5.41, 5.74) is 0.530. The summed E-state index contributed by atoms with van der Waals surface area (Å²) in [5.74, 6) is 0.609. The molecule has 0 atom stereocenters. The van der Waals surface area contributed by atoms with Crippen LogP contribution in [0.2, 0.25) is 0 Å². The summed E-state index contributed by atoms with van der Waals surface area (Å²) in [6, 6.07) is 1.61. The first-order chi connectivity index (χ1) is 10.1. The minimum atomic E-state index is -0.464. The molecule has 0 bridgehead atoms. The predicted octanol–water partition coefficient (Wildman–Crippen LogP) is 0.959. The Labute approximate surface area is 122 Å². The first-order valence-corrected chi connectivity index (χ1v) is 6.78. The van der Waals surface area contributed by atoms with E-state index in [0.717, 1.165) is 0 Å². The van der Waals surface area contributed by atoms with Gasteiger partial charge in [0.2, 0.25) is 5.91 Å². The molecular weight excluding hydrogens is 276 g/mol. The number of hydrogen-bond donors (Lipinski definition) is 1. The van der Waals surface area contributed by atoms with Crippen LogP contribution in [0, 0.1) is 17.0 Å². The van der Waals surface area contributed by atoms with Crippen LogP contribution in [-0.4, -0.2) is 53.6 Å². The van der Waals surface area contributed by atoms with Crippen molar-refractivity contribution in [1.82, 2.24) is 9.88 Å². The number of hydrogen-bond acceptors (Lipinski definition) is 6. The molecule has 0 unspecified atom stereocenters. The van der Waals surface area contributed by atoms with E-state index >= 15 is 0 Å². The van der Waals surface area contributed by atoms with Crippen LogP contribution in [0.3, 0.4) is 0 Å². The van der Waals surface area contributed by atoms with Gasteiger partial charge in [0, 0.05) is 31.6 Å². The van der Waals surface area contributed by atoms with Crippen LogP contribution in [0.5, 0.6) is 0 Å².